The van der Waals surface area contributed by atoms with Gasteiger partial charge >= 0.3 is 0 Å². The Morgan fingerprint density at radius 1 is 1.29 bits per heavy atom. The van der Waals surface area contributed by atoms with E-state index in [1.54, 1.807) is 11.3 Å². The number of aryl methyl sites for hydroxylation is 1. The molecule has 0 saturated heterocycles. The minimum absolute atomic E-state index is 0.122. The highest BCUT2D eigenvalue weighted by atomic mass is 32.1. The van der Waals surface area contributed by atoms with Gasteiger partial charge in [-0.3, -0.25) is 0 Å². The van der Waals surface area contributed by atoms with Crippen molar-refractivity contribution >= 4 is 16.5 Å². The Hall–Kier alpha value is -1.39. The molecule has 3 nitrogen and oxygen atoms in total. The Morgan fingerprint density at radius 2 is 2.05 bits per heavy atom. The molecule has 0 fully saturated rings. The molecule has 0 radical (unpaired) electrons. The summed E-state index contributed by atoms with van der Waals surface area (Å²) in [5.74, 6) is 0. The molecule has 0 aliphatic rings. The van der Waals surface area contributed by atoms with Crippen LogP contribution in [0.4, 0.5) is 5.13 Å². The van der Waals surface area contributed by atoms with Gasteiger partial charge in [0.25, 0.3) is 0 Å². The number of nitrogens with one attached hydrogen (secondary N) is 1. The molecule has 1 aromatic carbocycles. The molecule has 2 rings (SSSR count). The van der Waals surface area contributed by atoms with Crippen LogP contribution in [-0.2, 0) is 13.1 Å². The molecular formula is C17H25N3S. The maximum atomic E-state index is 4.71. The topological polar surface area (TPSA) is 28.2 Å². The Balaban J connectivity index is 1.97. The van der Waals surface area contributed by atoms with Gasteiger partial charge in [-0.2, -0.15) is 0 Å². The van der Waals surface area contributed by atoms with Crippen molar-refractivity contribution in [3.05, 3.63) is 46.5 Å². The van der Waals surface area contributed by atoms with Crippen molar-refractivity contribution in [1.29, 1.82) is 0 Å². The zero-order valence-corrected chi connectivity index (χ0v) is 14.4. The lowest BCUT2D eigenvalue weighted by molar-refractivity contribution is 0.422. The van der Waals surface area contributed by atoms with Crippen LogP contribution < -0.4 is 10.2 Å². The summed E-state index contributed by atoms with van der Waals surface area (Å²) in [4.78, 5) is 6.92. The third kappa shape index (κ3) is 5.14. The van der Waals surface area contributed by atoms with Crippen LogP contribution in [0.15, 0.2) is 29.6 Å². The number of thiazole rings is 1. The molecule has 0 amide bonds. The molecule has 1 heterocycles. The van der Waals surface area contributed by atoms with E-state index >= 15 is 0 Å². The number of anilines is 1. The standard InChI is InChI=1S/C17H25N3S/c1-13-7-6-8-14(9-13)11-20(5)16-19-15(12-21-16)10-18-17(2,3)4/h6-9,12,18H,10-11H2,1-5H3. The third-order valence-corrected chi connectivity index (χ3v) is 4.17. The van der Waals surface area contributed by atoms with Crippen LogP contribution in [0, 0.1) is 6.92 Å². The van der Waals surface area contributed by atoms with Gasteiger partial charge in [0.05, 0.1) is 5.69 Å². The largest absolute Gasteiger partial charge is 0.347 e. The minimum atomic E-state index is 0.122. The molecule has 0 bridgehead atoms. The highest BCUT2D eigenvalue weighted by Crippen LogP contribution is 2.21. The molecule has 0 unspecified atom stereocenters. The number of rotatable bonds is 5. The van der Waals surface area contributed by atoms with E-state index in [2.05, 4.69) is 74.6 Å². The van der Waals surface area contributed by atoms with Crippen molar-refractivity contribution in [3.8, 4) is 0 Å². The van der Waals surface area contributed by atoms with Gasteiger partial charge in [0.1, 0.15) is 0 Å². The summed E-state index contributed by atoms with van der Waals surface area (Å²) in [5.41, 5.74) is 3.86. The lowest BCUT2D eigenvalue weighted by atomic mass is 10.1. The van der Waals surface area contributed by atoms with Crippen LogP contribution in [0.2, 0.25) is 0 Å². The zero-order valence-electron chi connectivity index (χ0n) is 13.6. The molecule has 1 aromatic heterocycles. The minimum Gasteiger partial charge on any atom is -0.347 e. The van der Waals surface area contributed by atoms with Gasteiger partial charge in [0.2, 0.25) is 0 Å². The molecule has 0 atom stereocenters. The first-order valence-electron chi connectivity index (χ1n) is 7.29. The van der Waals surface area contributed by atoms with E-state index in [1.165, 1.54) is 11.1 Å². The van der Waals surface area contributed by atoms with E-state index in [4.69, 9.17) is 4.98 Å². The highest BCUT2D eigenvalue weighted by molar-refractivity contribution is 7.13. The van der Waals surface area contributed by atoms with E-state index < -0.39 is 0 Å². The summed E-state index contributed by atoms with van der Waals surface area (Å²) >= 11 is 1.71. The SMILES string of the molecule is Cc1cccc(CN(C)c2nc(CNC(C)(C)C)cs2)c1. The average molecular weight is 303 g/mol. The van der Waals surface area contributed by atoms with Crippen LogP contribution in [0.3, 0.4) is 0 Å². The Morgan fingerprint density at radius 3 is 2.71 bits per heavy atom. The summed E-state index contributed by atoms with van der Waals surface area (Å²) in [5, 5.41) is 6.68. The fourth-order valence-corrected chi connectivity index (χ4v) is 2.85. The molecule has 0 aliphatic heterocycles. The summed E-state index contributed by atoms with van der Waals surface area (Å²) in [6.45, 7) is 10.3. The van der Waals surface area contributed by atoms with Crippen molar-refractivity contribution in [1.82, 2.24) is 10.3 Å². The average Bonchev–Trinajstić information content (AvgIpc) is 2.84. The highest BCUT2D eigenvalue weighted by Gasteiger charge is 2.11. The van der Waals surface area contributed by atoms with E-state index in [0.717, 1.165) is 23.9 Å². The lowest BCUT2D eigenvalue weighted by Gasteiger charge is -2.19. The maximum Gasteiger partial charge on any atom is 0.185 e. The molecule has 114 valence electrons. The zero-order chi connectivity index (χ0) is 15.5. The summed E-state index contributed by atoms with van der Waals surface area (Å²) < 4.78 is 0. The van der Waals surface area contributed by atoms with Crippen LogP contribution >= 0.6 is 11.3 Å². The normalized spacial score (nSPS) is 11.7. The first-order chi connectivity index (χ1) is 9.83. The van der Waals surface area contributed by atoms with Gasteiger partial charge in [-0.15, -0.1) is 11.3 Å². The number of nitrogens with zero attached hydrogens (tertiary/aromatic N) is 2. The van der Waals surface area contributed by atoms with E-state index in [0.29, 0.717) is 0 Å². The first kappa shape index (κ1) is 16.0. The molecule has 0 aliphatic carbocycles. The van der Waals surface area contributed by atoms with Gasteiger partial charge in [-0.05, 0) is 33.3 Å². The summed E-state index contributed by atoms with van der Waals surface area (Å²) in [7, 11) is 2.10. The van der Waals surface area contributed by atoms with Crippen LogP contribution in [0.1, 0.15) is 37.6 Å². The molecule has 21 heavy (non-hydrogen) atoms. The molecular weight excluding hydrogens is 278 g/mol. The van der Waals surface area contributed by atoms with Crippen LogP contribution in [0.25, 0.3) is 0 Å². The van der Waals surface area contributed by atoms with E-state index in [1.807, 2.05) is 0 Å². The predicted octanol–water partition coefficient (Wildman–Crippen LogP) is 3.98. The van der Waals surface area contributed by atoms with Crippen LogP contribution in [0.5, 0.6) is 0 Å². The van der Waals surface area contributed by atoms with Crippen molar-refractivity contribution < 1.29 is 0 Å². The van der Waals surface area contributed by atoms with E-state index in [-0.39, 0.29) is 5.54 Å². The monoisotopic (exact) mass is 303 g/mol. The number of hydrogen-bond acceptors (Lipinski definition) is 4. The number of hydrogen-bond donors (Lipinski definition) is 1. The van der Waals surface area contributed by atoms with Gasteiger partial charge in [-0.25, -0.2) is 4.98 Å². The van der Waals surface area contributed by atoms with Crippen LogP contribution in [-0.4, -0.2) is 17.6 Å². The second kappa shape index (κ2) is 6.58. The third-order valence-electron chi connectivity index (χ3n) is 3.17. The molecule has 4 heteroatoms. The molecule has 0 spiro atoms. The van der Waals surface area contributed by atoms with Gasteiger partial charge in [-0.1, -0.05) is 29.8 Å². The van der Waals surface area contributed by atoms with Crippen molar-refractivity contribution in [2.24, 2.45) is 0 Å². The second-order valence-corrected chi connectivity index (χ2v) is 7.41. The number of benzene rings is 1. The Labute approximate surface area is 132 Å². The van der Waals surface area contributed by atoms with Gasteiger partial charge < -0.3 is 10.2 Å². The molecule has 1 N–H and O–H groups in total. The van der Waals surface area contributed by atoms with Crippen molar-refractivity contribution in [2.45, 2.75) is 46.3 Å². The maximum absolute atomic E-state index is 4.71. The first-order valence-corrected chi connectivity index (χ1v) is 8.17. The van der Waals surface area contributed by atoms with Crippen molar-refractivity contribution in [2.75, 3.05) is 11.9 Å². The molecule has 2 aromatic rings. The summed E-state index contributed by atoms with van der Waals surface area (Å²) in [6.07, 6.45) is 0. The quantitative estimate of drug-likeness (QED) is 0.905. The fourth-order valence-electron chi connectivity index (χ4n) is 2.06. The Bertz CT molecular complexity index is 584. The van der Waals surface area contributed by atoms with E-state index in [9.17, 15) is 0 Å². The second-order valence-electron chi connectivity index (χ2n) is 6.57. The van der Waals surface area contributed by atoms with Gasteiger partial charge in [0, 0.05) is 31.1 Å². The smallest absolute Gasteiger partial charge is 0.185 e. The van der Waals surface area contributed by atoms with Gasteiger partial charge in [0.15, 0.2) is 5.13 Å². The fraction of sp³-hybridized carbons (Fsp3) is 0.471. The summed E-state index contributed by atoms with van der Waals surface area (Å²) in [6, 6.07) is 8.63. The Kier molecular flexibility index (Phi) is 5.01. The van der Waals surface area contributed by atoms with Crippen molar-refractivity contribution in [3.63, 3.8) is 0 Å². The lowest BCUT2D eigenvalue weighted by Crippen LogP contribution is -2.35. The predicted molar refractivity (Wildman–Crippen MR) is 92.0 cm³/mol. The molecule has 0 saturated carbocycles. The number of aromatic nitrogens is 1.